The Morgan fingerprint density at radius 2 is 2.30 bits per heavy atom. The van der Waals surface area contributed by atoms with E-state index in [4.69, 9.17) is 9.84 Å². The minimum atomic E-state index is -1.14. The van der Waals surface area contributed by atoms with Crippen molar-refractivity contribution >= 4 is 17.9 Å². The lowest BCUT2D eigenvalue weighted by atomic mass is 10.1. The van der Waals surface area contributed by atoms with E-state index in [1.807, 2.05) is 6.92 Å². The van der Waals surface area contributed by atoms with E-state index in [1.165, 1.54) is 7.11 Å². The van der Waals surface area contributed by atoms with E-state index in [2.05, 4.69) is 10.6 Å². The Kier molecular flexibility index (Phi) is 6.23. The van der Waals surface area contributed by atoms with Gasteiger partial charge in [0.2, 0.25) is 5.91 Å². The molecule has 0 spiro atoms. The van der Waals surface area contributed by atoms with E-state index in [0.717, 1.165) is 17.7 Å². The van der Waals surface area contributed by atoms with Gasteiger partial charge in [0.1, 0.15) is 12.6 Å². The molecule has 1 heterocycles. The van der Waals surface area contributed by atoms with Crippen molar-refractivity contribution in [3.8, 4) is 0 Å². The Balaban J connectivity index is 2.70. The van der Waals surface area contributed by atoms with Crippen LogP contribution in [-0.4, -0.2) is 66.8 Å². The van der Waals surface area contributed by atoms with Crippen LogP contribution in [-0.2, 0) is 14.3 Å². The summed E-state index contributed by atoms with van der Waals surface area (Å²) in [6, 6.07) is -1.79. The maximum Gasteiger partial charge on any atom is 0.328 e. The molecule has 1 rings (SSSR count). The van der Waals surface area contributed by atoms with Crippen molar-refractivity contribution in [1.82, 2.24) is 15.5 Å². The van der Waals surface area contributed by atoms with Crippen molar-refractivity contribution in [3.05, 3.63) is 0 Å². The molecule has 0 saturated carbocycles. The standard InChI is InChI=1S/C12H21N3O5/c1-3-4-8(7-20-2)14-12(19)15-6-10(16)13-5-9(15)11(17)18/h8-9H,3-7H2,1-2H3,(H,13,16)(H,14,19)(H,17,18). The van der Waals surface area contributed by atoms with Crippen molar-refractivity contribution in [3.63, 3.8) is 0 Å². The quantitative estimate of drug-likeness (QED) is 0.604. The van der Waals surface area contributed by atoms with Crippen LogP contribution in [0.2, 0.25) is 0 Å². The van der Waals surface area contributed by atoms with E-state index >= 15 is 0 Å². The van der Waals surface area contributed by atoms with Gasteiger partial charge < -0.3 is 20.5 Å². The Hall–Kier alpha value is -1.83. The van der Waals surface area contributed by atoms with Gasteiger partial charge in [0.25, 0.3) is 0 Å². The summed E-state index contributed by atoms with van der Waals surface area (Å²) in [5, 5.41) is 14.2. The first-order chi connectivity index (χ1) is 9.49. The number of carboxylic acids is 1. The number of rotatable bonds is 6. The van der Waals surface area contributed by atoms with Gasteiger partial charge in [-0.2, -0.15) is 0 Å². The van der Waals surface area contributed by atoms with Crippen LogP contribution in [0, 0.1) is 0 Å². The molecule has 8 heteroatoms. The fourth-order valence-electron chi connectivity index (χ4n) is 2.08. The minimum Gasteiger partial charge on any atom is -0.480 e. The summed E-state index contributed by atoms with van der Waals surface area (Å²) < 4.78 is 5.01. The van der Waals surface area contributed by atoms with Gasteiger partial charge in [0, 0.05) is 13.7 Å². The summed E-state index contributed by atoms with van der Waals surface area (Å²) in [7, 11) is 1.53. The van der Waals surface area contributed by atoms with Crippen LogP contribution in [0.1, 0.15) is 19.8 Å². The zero-order valence-corrected chi connectivity index (χ0v) is 11.7. The van der Waals surface area contributed by atoms with Crippen molar-refractivity contribution < 1.29 is 24.2 Å². The molecular weight excluding hydrogens is 266 g/mol. The predicted octanol–water partition coefficient (Wildman–Crippen LogP) is -0.604. The second-order valence-electron chi connectivity index (χ2n) is 4.68. The highest BCUT2D eigenvalue weighted by Crippen LogP contribution is 2.07. The van der Waals surface area contributed by atoms with Gasteiger partial charge in [-0.25, -0.2) is 9.59 Å². The molecule has 1 saturated heterocycles. The maximum absolute atomic E-state index is 12.1. The number of urea groups is 1. The zero-order chi connectivity index (χ0) is 15.1. The van der Waals surface area contributed by atoms with Crippen LogP contribution in [0.5, 0.6) is 0 Å². The number of carbonyl (C=O) groups excluding carboxylic acids is 2. The number of methoxy groups -OCH3 is 1. The van der Waals surface area contributed by atoms with Gasteiger partial charge in [-0.05, 0) is 6.42 Å². The van der Waals surface area contributed by atoms with Crippen LogP contribution >= 0.6 is 0 Å². The second-order valence-corrected chi connectivity index (χ2v) is 4.68. The molecule has 0 radical (unpaired) electrons. The van der Waals surface area contributed by atoms with E-state index in [9.17, 15) is 14.4 Å². The normalized spacial score (nSPS) is 20.2. The number of amides is 3. The monoisotopic (exact) mass is 287 g/mol. The molecule has 1 aliphatic heterocycles. The highest BCUT2D eigenvalue weighted by atomic mass is 16.5. The lowest BCUT2D eigenvalue weighted by Crippen LogP contribution is -2.62. The Bertz CT molecular complexity index is 368. The van der Waals surface area contributed by atoms with Gasteiger partial charge >= 0.3 is 12.0 Å². The summed E-state index contributed by atoms with van der Waals surface area (Å²) in [6.07, 6.45) is 1.58. The van der Waals surface area contributed by atoms with Crippen LogP contribution in [0.25, 0.3) is 0 Å². The number of hydrogen-bond donors (Lipinski definition) is 3. The van der Waals surface area contributed by atoms with Gasteiger partial charge in [-0.3, -0.25) is 9.69 Å². The molecule has 3 amide bonds. The number of piperazine rings is 1. The van der Waals surface area contributed by atoms with Crippen LogP contribution < -0.4 is 10.6 Å². The first-order valence-corrected chi connectivity index (χ1v) is 6.55. The fraction of sp³-hybridized carbons (Fsp3) is 0.750. The molecule has 8 nitrogen and oxygen atoms in total. The van der Waals surface area contributed by atoms with Crippen molar-refractivity contribution in [1.29, 1.82) is 0 Å². The van der Waals surface area contributed by atoms with Gasteiger partial charge in [0.15, 0.2) is 0 Å². The van der Waals surface area contributed by atoms with Crippen LogP contribution in [0.4, 0.5) is 4.79 Å². The SMILES string of the molecule is CCCC(COC)NC(=O)N1CC(=O)NCC1C(=O)O. The third kappa shape index (κ3) is 4.37. The lowest BCUT2D eigenvalue weighted by molar-refractivity contribution is -0.144. The number of nitrogens with one attached hydrogen (secondary N) is 2. The Labute approximate surface area is 117 Å². The van der Waals surface area contributed by atoms with Crippen molar-refractivity contribution in [2.75, 3.05) is 26.8 Å². The average molecular weight is 287 g/mol. The number of carboxylic acid groups (broad SMARTS) is 1. The predicted molar refractivity (Wildman–Crippen MR) is 70.2 cm³/mol. The van der Waals surface area contributed by atoms with E-state index in [0.29, 0.717) is 6.61 Å². The fourth-order valence-corrected chi connectivity index (χ4v) is 2.08. The summed E-state index contributed by atoms with van der Waals surface area (Å²) in [5.41, 5.74) is 0. The highest BCUT2D eigenvalue weighted by Gasteiger charge is 2.35. The second kappa shape index (κ2) is 7.68. The van der Waals surface area contributed by atoms with Crippen molar-refractivity contribution in [2.24, 2.45) is 0 Å². The van der Waals surface area contributed by atoms with E-state index in [-0.39, 0.29) is 25.0 Å². The molecule has 1 aliphatic rings. The topological polar surface area (TPSA) is 108 Å². The maximum atomic E-state index is 12.1. The molecule has 20 heavy (non-hydrogen) atoms. The van der Waals surface area contributed by atoms with Crippen LogP contribution in [0.3, 0.4) is 0 Å². The highest BCUT2D eigenvalue weighted by molar-refractivity contribution is 5.90. The largest absolute Gasteiger partial charge is 0.480 e. The molecule has 2 unspecified atom stereocenters. The molecule has 0 aromatic rings. The molecule has 0 bridgehead atoms. The van der Waals surface area contributed by atoms with E-state index < -0.39 is 18.0 Å². The third-order valence-electron chi connectivity index (χ3n) is 3.06. The average Bonchev–Trinajstić information content (AvgIpc) is 2.38. The zero-order valence-electron chi connectivity index (χ0n) is 11.7. The smallest absolute Gasteiger partial charge is 0.328 e. The summed E-state index contributed by atoms with van der Waals surface area (Å²) >= 11 is 0. The van der Waals surface area contributed by atoms with Gasteiger partial charge in [-0.1, -0.05) is 13.3 Å². The summed E-state index contributed by atoms with van der Waals surface area (Å²) in [5.74, 6) is -1.50. The third-order valence-corrected chi connectivity index (χ3v) is 3.06. The molecule has 3 N–H and O–H groups in total. The molecule has 114 valence electrons. The van der Waals surface area contributed by atoms with Crippen LogP contribution in [0.15, 0.2) is 0 Å². The molecule has 0 aromatic heterocycles. The molecule has 0 aromatic carbocycles. The summed E-state index contributed by atoms with van der Waals surface area (Å²) in [6.45, 7) is 1.99. The number of nitrogens with zero attached hydrogens (tertiary/aromatic N) is 1. The Morgan fingerprint density at radius 1 is 1.60 bits per heavy atom. The van der Waals surface area contributed by atoms with E-state index in [1.54, 1.807) is 0 Å². The number of carbonyl (C=O) groups is 3. The molecule has 0 aliphatic carbocycles. The van der Waals surface area contributed by atoms with Crippen molar-refractivity contribution in [2.45, 2.75) is 31.8 Å². The number of aliphatic carboxylic acids is 1. The van der Waals surface area contributed by atoms with Gasteiger partial charge in [0.05, 0.1) is 12.6 Å². The molecular formula is C12H21N3O5. The number of hydrogen-bond acceptors (Lipinski definition) is 4. The molecule has 1 fully saturated rings. The first-order valence-electron chi connectivity index (χ1n) is 6.55. The minimum absolute atomic E-state index is 0.0791. The lowest BCUT2D eigenvalue weighted by Gasteiger charge is -2.33. The number of ether oxygens (including phenoxy) is 1. The van der Waals surface area contributed by atoms with Gasteiger partial charge in [-0.15, -0.1) is 0 Å². The molecule has 2 atom stereocenters. The Morgan fingerprint density at radius 3 is 2.85 bits per heavy atom. The summed E-state index contributed by atoms with van der Waals surface area (Å²) in [4.78, 5) is 35.6. The first kappa shape index (κ1) is 16.2.